The number of nitrogens with one attached hydrogen (secondary N) is 2. The third kappa shape index (κ3) is 6.82. The van der Waals surface area contributed by atoms with Crippen LogP contribution in [-0.4, -0.2) is 42.5 Å². The van der Waals surface area contributed by atoms with Gasteiger partial charge in [0.25, 0.3) is 5.91 Å². The Hall–Kier alpha value is -4.09. The number of esters is 1. The van der Waals surface area contributed by atoms with Crippen LogP contribution in [0.3, 0.4) is 0 Å². The molecule has 12 heteroatoms. The van der Waals surface area contributed by atoms with Crippen molar-refractivity contribution in [1.82, 2.24) is 5.32 Å². The van der Waals surface area contributed by atoms with Crippen molar-refractivity contribution in [2.24, 2.45) is 0 Å². The first-order valence-corrected chi connectivity index (χ1v) is 8.29. The van der Waals surface area contributed by atoms with E-state index in [2.05, 4.69) is 15.4 Å². The fourth-order valence-corrected chi connectivity index (χ4v) is 2.06. The van der Waals surface area contributed by atoms with Crippen LogP contribution in [0.1, 0.15) is 0 Å². The number of nitrogens with zero attached hydrogens (tertiary/aromatic N) is 1. The number of carbonyl (C=O) groups is 3. The van der Waals surface area contributed by atoms with Crippen molar-refractivity contribution < 1.29 is 37.6 Å². The number of halogens is 2. The molecular formula is C18H15F2N3O7. The molecule has 2 N–H and O–H groups in total. The highest BCUT2D eigenvalue weighted by atomic mass is 19.2. The standard InChI is InChI=1S/C18H15F2N3O7/c19-12-6-5-11(7-13(12)20)22-16(24)8-21-17(25)9-30-18(26)10-29-15-4-2-1-3-14(15)23(27)28/h1-7H,8-10H2,(H,21,25)(H,22,24). The van der Waals surface area contributed by atoms with Crippen LogP contribution in [0.25, 0.3) is 0 Å². The number of benzene rings is 2. The molecule has 0 aliphatic rings. The van der Waals surface area contributed by atoms with Crippen molar-refractivity contribution in [2.45, 2.75) is 0 Å². The summed E-state index contributed by atoms with van der Waals surface area (Å²) < 4.78 is 35.5. The second-order valence-electron chi connectivity index (χ2n) is 5.63. The highest BCUT2D eigenvalue weighted by Crippen LogP contribution is 2.25. The van der Waals surface area contributed by atoms with Gasteiger partial charge in [0.15, 0.2) is 30.6 Å². The fraction of sp³-hybridized carbons (Fsp3) is 0.167. The summed E-state index contributed by atoms with van der Waals surface area (Å²) in [4.78, 5) is 45.0. The second kappa shape index (κ2) is 10.5. The van der Waals surface area contributed by atoms with Crippen LogP contribution in [0.4, 0.5) is 20.2 Å². The maximum absolute atomic E-state index is 13.1. The number of carbonyl (C=O) groups excluding carboxylic acids is 3. The summed E-state index contributed by atoms with van der Waals surface area (Å²) in [6, 6.07) is 8.13. The minimum atomic E-state index is -1.15. The van der Waals surface area contributed by atoms with Gasteiger partial charge in [0.1, 0.15) is 0 Å². The van der Waals surface area contributed by atoms with Crippen molar-refractivity contribution in [1.29, 1.82) is 0 Å². The zero-order chi connectivity index (χ0) is 22.1. The number of amides is 2. The van der Waals surface area contributed by atoms with Crippen LogP contribution in [0.2, 0.25) is 0 Å². The lowest BCUT2D eigenvalue weighted by molar-refractivity contribution is -0.385. The summed E-state index contributed by atoms with van der Waals surface area (Å²) >= 11 is 0. The molecule has 0 aromatic heterocycles. The molecule has 2 aromatic rings. The molecule has 0 heterocycles. The highest BCUT2D eigenvalue weighted by Gasteiger charge is 2.16. The third-order valence-electron chi connectivity index (χ3n) is 3.42. The van der Waals surface area contributed by atoms with Crippen LogP contribution >= 0.6 is 0 Å². The minimum Gasteiger partial charge on any atom is -0.475 e. The number of ether oxygens (including phenoxy) is 2. The number of rotatable bonds is 9. The Labute approximate surface area is 167 Å². The second-order valence-corrected chi connectivity index (χ2v) is 5.63. The lowest BCUT2D eigenvalue weighted by Gasteiger charge is -2.09. The van der Waals surface area contributed by atoms with Crippen LogP contribution < -0.4 is 15.4 Å². The average Bonchev–Trinajstić information content (AvgIpc) is 2.72. The number of para-hydroxylation sites is 2. The van der Waals surface area contributed by atoms with E-state index in [1.807, 2.05) is 0 Å². The Bertz CT molecular complexity index is 969. The molecule has 0 atom stereocenters. The zero-order valence-corrected chi connectivity index (χ0v) is 15.2. The zero-order valence-electron chi connectivity index (χ0n) is 15.2. The Morgan fingerprint density at radius 2 is 1.73 bits per heavy atom. The van der Waals surface area contributed by atoms with Crippen molar-refractivity contribution in [2.75, 3.05) is 25.1 Å². The molecule has 158 valence electrons. The van der Waals surface area contributed by atoms with Gasteiger partial charge < -0.3 is 20.1 Å². The molecule has 0 saturated heterocycles. The SMILES string of the molecule is O=C(COC(=O)COc1ccccc1[N+](=O)[O-])NCC(=O)Nc1ccc(F)c(F)c1. The molecular weight excluding hydrogens is 408 g/mol. The summed E-state index contributed by atoms with van der Waals surface area (Å²) in [5, 5.41) is 15.2. The summed E-state index contributed by atoms with van der Waals surface area (Å²) in [7, 11) is 0. The first kappa shape index (κ1) is 22.2. The number of hydrogen-bond acceptors (Lipinski definition) is 7. The van der Waals surface area contributed by atoms with Gasteiger partial charge in [-0.1, -0.05) is 12.1 Å². The smallest absolute Gasteiger partial charge is 0.344 e. The van der Waals surface area contributed by atoms with Crippen molar-refractivity contribution in [3.05, 3.63) is 64.2 Å². The predicted molar refractivity (Wildman–Crippen MR) is 97.5 cm³/mol. The number of nitro groups is 1. The molecule has 0 fully saturated rings. The topological polar surface area (TPSA) is 137 Å². The Kier molecular flexibility index (Phi) is 7.74. The average molecular weight is 423 g/mol. The van der Waals surface area contributed by atoms with Gasteiger partial charge in [-0.15, -0.1) is 0 Å². The van der Waals surface area contributed by atoms with Gasteiger partial charge >= 0.3 is 11.7 Å². The van der Waals surface area contributed by atoms with Gasteiger partial charge in [-0.3, -0.25) is 19.7 Å². The third-order valence-corrected chi connectivity index (χ3v) is 3.42. The van der Waals surface area contributed by atoms with E-state index >= 15 is 0 Å². The predicted octanol–water partition coefficient (Wildman–Crippen LogP) is 1.55. The molecule has 10 nitrogen and oxygen atoms in total. The largest absolute Gasteiger partial charge is 0.475 e. The van der Waals surface area contributed by atoms with E-state index in [0.717, 1.165) is 18.2 Å². The lowest BCUT2D eigenvalue weighted by Crippen LogP contribution is -2.36. The van der Waals surface area contributed by atoms with E-state index in [4.69, 9.17) is 4.74 Å². The van der Waals surface area contributed by atoms with Gasteiger partial charge in [0, 0.05) is 17.8 Å². The van der Waals surface area contributed by atoms with E-state index in [-0.39, 0.29) is 17.1 Å². The summed E-state index contributed by atoms with van der Waals surface area (Å²) in [5.41, 5.74) is -0.346. The molecule has 0 radical (unpaired) electrons. The van der Waals surface area contributed by atoms with Crippen LogP contribution in [0.5, 0.6) is 5.75 Å². The van der Waals surface area contributed by atoms with Gasteiger partial charge in [0.2, 0.25) is 5.91 Å². The van der Waals surface area contributed by atoms with Crippen LogP contribution in [-0.2, 0) is 19.1 Å². The molecule has 0 aliphatic heterocycles. The fourth-order valence-electron chi connectivity index (χ4n) is 2.06. The monoisotopic (exact) mass is 423 g/mol. The van der Waals surface area contributed by atoms with Crippen molar-refractivity contribution in [3.8, 4) is 5.75 Å². The van der Waals surface area contributed by atoms with Gasteiger partial charge in [-0.2, -0.15) is 0 Å². The molecule has 2 aromatic carbocycles. The maximum Gasteiger partial charge on any atom is 0.344 e. The van der Waals surface area contributed by atoms with Gasteiger partial charge in [0.05, 0.1) is 11.5 Å². The normalized spacial score (nSPS) is 10.1. The highest BCUT2D eigenvalue weighted by molar-refractivity contribution is 5.94. The van der Waals surface area contributed by atoms with E-state index < -0.39 is 54.1 Å². The molecule has 0 aliphatic carbocycles. The first-order valence-electron chi connectivity index (χ1n) is 8.29. The molecule has 0 unspecified atom stereocenters. The Balaban J connectivity index is 1.70. The van der Waals surface area contributed by atoms with Crippen molar-refractivity contribution in [3.63, 3.8) is 0 Å². The molecule has 0 bridgehead atoms. The summed E-state index contributed by atoms with van der Waals surface area (Å²) in [5.74, 6) is -4.86. The summed E-state index contributed by atoms with van der Waals surface area (Å²) in [6.07, 6.45) is 0. The molecule has 2 amide bonds. The number of hydrogen-bond donors (Lipinski definition) is 2. The van der Waals surface area contributed by atoms with Crippen LogP contribution in [0.15, 0.2) is 42.5 Å². The summed E-state index contributed by atoms with van der Waals surface area (Å²) in [6.45, 7) is -1.91. The van der Waals surface area contributed by atoms with E-state index in [9.17, 15) is 33.3 Å². The number of anilines is 1. The first-order chi connectivity index (χ1) is 14.3. The van der Waals surface area contributed by atoms with Gasteiger partial charge in [-0.05, 0) is 18.2 Å². The molecule has 0 saturated carbocycles. The van der Waals surface area contributed by atoms with Gasteiger partial charge in [-0.25, -0.2) is 13.6 Å². The van der Waals surface area contributed by atoms with E-state index in [1.54, 1.807) is 0 Å². The molecule has 30 heavy (non-hydrogen) atoms. The lowest BCUT2D eigenvalue weighted by atomic mass is 10.3. The number of nitro benzene ring substituents is 1. The maximum atomic E-state index is 13.1. The van der Waals surface area contributed by atoms with E-state index in [0.29, 0.717) is 0 Å². The van der Waals surface area contributed by atoms with Crippen LogP contribution in [0, 0.1) is 21.7 Å². The Morgan fingerprint density at radius 3 is 2.43 bits per heavy atom. The quantitative estimate of drug-likeness (QED) is 0.355. The Morgan fingerprint density at radius 1 is 1.00 bits per heavy atom. The van der Waals surface area contributed by atoms with E-state index in [1.165, 1.54) is 24.3 Å². The minimum absolute atomic E-state index is 0.00766. The van der Waals surface area contributed by atoms with Crippen molar-refractivity contribution >= 4 is 29.2 Å². The molecule has 2 rings (SSSR count). The molecule has 0 spiro atoms.